The number of thiazole rings is 1. The maximum atomic E-state index is 13.0. The van der Waals surface area contributed by atoms with Gasteiger partial charge in [0, 0.05) is 56.3 Å². The number of amides is 1. The predicted molar refractivity (Wildman–Crippen MR) is 118 cm³/mol. The van der Waals surface area contributed by atoms with E-state index in [-0.39, 0.29) is 5.91 Å². The molecule has 2 aliphatic heterocycles. The summed E-state index contributed by atoms with van der Waals surface area (Å²) in [5, 5.41) is 8.95. The van der Waals surface area contributed by atoms with E-state index in [1.54, 1.807) is 0 Å². The minimum absolute atomic E-state index is 0.121. The zero-order valence-electron chi connectivity index (χ0n) is 17.5. The smallest absolute Gasteiger partial charge is 0.265 e. The molecule has 2 aliphatic rings. The number of likely N-dealkylation sites (tertiary alicyclic amines) is 1. The van der Waals surface area contributed by atoms with E-state index in [9.17, 15) is 4.79 Å². The predicted octanol–water partition coefficient (Wildman–Crippen LogP) is 3.67. The Bertz CT molecular complexity index is 1060. The van der Waals surface area contributed by atoms with Crippen LogP contribution in [-0.2, 0) is 19.5 Å². The van der Waals surface area contributed by atoms with Crippen molar-refractivity contribution in [3.05, 3.63) is 68.4 Å². The van der Waals surface area contributed by atoms with Crippen molar-refractivity contribution in [2.24, 2.45) is 0 Å². The van der Waals surface area contributed by atoms with Gasteiger partial charge in [-0.05, 0) is 25.8 Å². The van der Waals surface area contributed by atoms with Gasteiger partial charge in [-0.15, -0.1) is 11.3 Å². The number of H-pyrrole nitrogens is 1. The minimum Gasteiger partial charge on any atom is -0.337 e. The van der Waals surface area contributed by atoms with Crippen LogP contribution in [0.15, 0.2) is 30.3 Å². The highest BCUT2D eigenvalue weighted by Gasteiger charge is 2.34. The Hall–Kier alpha value is -2.51. The number of nitrogens with zero attached hydrogens (tertiary/aromatic N) is 4. The van der Waals surface area contributed by atoms with E-state index in [1.165, 1.54) is 28.2 Å². The molecule has 0 spiro atoms. The largest absolute Gasteiger partial charge is 0.337 e. The van der Waals surface area contributed by atoms with Crippen molar-refractivity contribution in [1.29, 1.82) is 0 Å². The van der Waals surface area contributed by atoms with Crippen molar-refractivity contribution in [2.45, 2.75) is 45.7 Å². The number of nitrogens with one attached hydrogen (secondary N) is 1. The molecule has 1 amide bonds. The summed E-state index contributed by atoms with van der Waals surface area (Å²) in [4.78, 5) is 22.7. The summed E-state index contributed by atoms with van der Waals surface area (Å²) in [5.74, 6) is 0.427. The fraction of sp³-hybridized carbons (Fsp3) is 0.435. The molecule has 1 unspecified atom stereocenters. The van der Waals surface area contributed by atoms with Crippen LogP contribution in [-0.4, -0.2) is 50.5 Å². The van der Waals surface area contributed by atoms with Gasteiger partial charge in [-0.3, -0.25) is 14.8 Å². The second kappa shape index (κ2) is 7.96. The number of aromatic nitrogens is 3. The van der Waals surface area contributed by atoms with Gasteiger partial charge in [0.1, 0.15) is 4.88 Å². The molecule has 4 heterocycles. The molecule has 0 aliphatic carbocycles. The maximum Gasteiger partial charge on any atom is 0.265 e. The molecule has 0 bridgehead atoms. The molecule has 5 rings (SSSR count). The first-order valence-corrected chi connectivity index (χ1v) is 11.5. The van der Waals surface area contributed by atoms with Gasteiger partial charge in [-0.25, -0.2) is 4.98 Å². The lowest BCUT2D eigenvalue weighted by molar-refractivity contribution is 0.0794. The average Bonchev–Trinajstić information content (AvgIpc) is 3.46. The molecule has 1 atom stereocenters. The molecule has 3 aromatic rings. The summed E-state index contributed by atoms with van der Waals surface area (Å²) >= 11 is 1.50. The van der Waals surface area contributed by atoms with Crippen LogP contribution in [0.5, 0.6) is 0 Å². The second-order valence-electron chi connectivity index (χ2n) is 8.40. The van der Waals surface area contributed by atoms with Gasteiger partial charge in [0.2, 0.25) is 0 Å². The minimum atomic E-state index is 0.121. The first kappa shape index (κ1) is 19.5. The SMILES string of the molecule is Cc1nc(C)c(C(=O)N2CCC(c3n[nH]c4c3CN(Cc3ccccc3)CC4)C2)s1. The molecule has 156 valence electrons. The van der Waals surface area contributed by atoms with Gasteiger partial charge in [0.25, 0.3) is 5.91 Å². The molecule has 1 N–H and O–H groups in total. The summed E-state index contributed by atoms with van der Waals surface area (Å²) in [5.41, 5.74) is 5.98. The summed E-state index contributed by atoms with van der Waals surface area (Å²) in [6.45, 7) is 8.34. The lowest BCUT2D eigenvalue weighted by Gasteiger charge is -2.27. The van der Waals surface area contributed by atoms with Crippen molar-refractivity contribution in [3.8, 4) is 0 Å². The number of benzene rings is 1. The molecular weight excluding hydrogens is 394 g/mol. The van der Waals surface area contributed by atoms with Crippen LogP contribution in [0.1, 0.15) is 55.2 Å². The summed E-state index contributed by atoms with van der Waals surface area (Å²) in [6.07, 6.45) is 1.97. The molecule has 1 fully saturated rings. The lowest BCUT2D eigenvalue weighted by Crippen LogP contribution is -2.31. The Balaban J connectivity index is 1.29. The van der Waals surface area contributed by atoms with E-state index in [1.807, 2.05) is 18.7 Å². The highest BCUT2D eigenvalue weighted by Crippen LogP contribution is 2.33. The highest BCUT2D eigenvalue weighted by atomic mass is 32.1. The Kier molecular flexibility index (Phi) is 5.16. The number of aromatic amines is 1. The van der Waals surface area contributed by atoms with Crippen LogP contribution in [0, 0.1) is 13.8 Å². The summed E-state index contributed by atoms with van der Waals surface area (Å²) in [6, 6.07) is 10.6. The first-order valence-electron chi connectivity index (χ1n) is 10.6. The number of hydrogen-bond donors (Lipinski definition) is 1. The first-order chi connectivity index (χ1) is 14.6. The molecule has 0 saturated carbocycles. The van der Waals surface area contributed by atoms with Crippen LogP contribution in [0.25, 0.3) is 0 Å². The summed E-state index contributed by atoms with van der Waals surface area (Å²) in [7, 11) is 0. The second-order valence-corrected chi connectivity index (χ2v) is 9.60. The van der Waals surface area contributed by atoms with Gasteiger partial charge in [0.15, 0.2) is 0 Å². The Morgan fingerprint density at radius 2 is 2.07 bits per heavy atom. The van der Waals surface area contributed by atoms with E-state index in [0.29, 0.717) is 5.92 Å². The number of aryl methyl sites for hydroxylation is 2. The quantitative estimate of drug-likeness (QED) is 0.698. The fourth-order valence-electron chi connectivity index (χ4n) is 4.73. The average molecular weight is 422 g/mol. The highest BCUT2D eigenvalue weighted by molar-refractivity contribution is 7.13. The standard InChI is InChI=1S/C23H27N5OS/c1-15-22(30-16(2)24-15)23(29)28-11-8-18(13-28)21-19-14-27(10-9-20(19)25-26-21)12-17-6-4-3-5-7-17/h3-7,18H,8-14H2,1-2H3,(H,25,26). The molecule has 1 aromatic carbocycles. The third-order valence-corrected chi connectivity index (χ3v) is 7.31. The Morgan fingerprint density at radius 3 is 2.83 bits per heavy atom. The Morgan fingerprint density at radius 1 is 1.23 bits per heavy atom. The third-order valence-electron chi connectivity index (χ3n) is 6.25. The van der Waals surface area contributed by atoms with Crippen LogP contribution < -0.4 is 0 Å². The van der Waals surface area contributed by atoms with Gasteiger partial charge >= 0.3 is 0 Å². The van der Waals surface area contributed by atoms with E-state index in [0.717, 1.165) is 66.8 Å². The lowest BCUT2D eigenvalue weighted by atomic mass is 9.96. The van der Waals surface area contributed by atoms with Gasteiger partial charge in [-0.2, -0.15) is 5.10 Å². The monoisotopic (exact) mass is 421 g/mol. The molecule has 7 heteroatoms. The Labute approximate surface area is 180 Å². The van der Waals surface area contributed by atoms with Crippen molar-refractivity contribution in [1.82, 2.24) is 25.0 Å². The van der Waals surface area contributed by atoms with Gasteiger partial charge in [0.05, 0.1) is 16.4 Å². The number of carbonyl (C=O) groups is 1. The fourth-order valence-corrected chi connectivity index (χ4v) is 5.62. The van der Waals surface area contributed by atoms with Crippen LogP contribution >= 0.6 is 11.3 Å². The molecule has 1 saturated heterocycles. The molecule has 30 heavy (non-hydrogen) atoms. The molecule has 6 nitrogen and oxygen atoms in total. The van der Waals surface area contributed by atoms with Crippen LogP contribution in [0.4, 0.5) is 0 Å². The van der Waals surface area contributed by atoms with Crippen molar-refractivity contribution in [2.75, 3.05) is 19.6 Å². The van der Waals surface area contributed by atoms with E-state index < -0.39 is 0 Å². The topological polar surface area (TPSA) is 65.1 Å². The van der Waals surface area contributed by atoms with E-state index >= 15 is 0 Å². The number of carbonyl (C=O) groups excluding carboxylic acids is 1. The number of hydrogen-bond acceptors (Lipinski definition) is 5. The zero-order valence-corrected chi connectivity index (χ0v) is 18.3. The van der Waals surface area contributed by atoms with Crippen molar-refractivity contribution in [3.63, 3.8) is 0 Å². The van der Waals surface area contributed by atoms with Crippen molar-refractivity contribution < 1.29 is 4.79 Å². The normalized spacial score (nSPS) is 19.3. The molecule has 2 aromatic heterocycles. The molecular formula is C23H27N5OS. The van der Waals surface area contributed by atoms with Crippen LogP contribution in [0.2, 0.25) is 0 Å². The number of rotatable bonds is 4. The van der Waals surface area contributed by atoms with Crippen molar-refractivity contribution >= 4 is 17.2 Å². The van der Waals surface area contributed by atoms with E-state index in [2.05, 4.69) is 45.3 Å². The van der Waals surface area contributed by atoms with E-state index in [4.69, 9.17) is 5.10 Å². The third kappa shape index (κ3) is 3.68. The molecule has 0 radical (unpaired) electrons. The summed E-state index contributed by atoms with van der Waals surface area (Å²) < 4.78 is 0. The number of fused-ring (bicyclic) bond motifs is 1. The maximum absolute atomic E-state index is 13.0. The van der Waals surface area contributed by atoms with Gasteiger partial charge in [-0.1, -0.05) is 30.3 Å². The van der Waals surface area contributed by atoms with Crippen LogP contribution in [0.3, 0.4) is 0 Å². The van der Waals surface area contributed by atoms with Gasteiger partial charge < -0.3 is 4.90 Å². The zero-order chi connectivity index (χ0) is 20.7.